The van der Waals surface area contributed by atoms with Crippen LogP contribution in [0.4, 0.5) is 5.95 Å². The average molecular weight is 272 g/mol. The molecule has 82 valence electrons. The van der Waals surface area contributed by atoms with Gasteiger partial charge in [0.15, 0.2) is 0 Å². The van der Waals surface area contributed by atoms with Crippen molar-refractivity contribution in [3.05, 3.63) is 16.4 Å². The SMILES string of the molecule is Cc1nc(NC2CCCOC2)ncc1Br. The molecule has 0 spiro atoms. The molecule has 1 atom stereocenters. The molecule has 4 nitrogen and oxygen atoms in total. The highest BCUT2D eigenvalue weighted by atomic mass is 79.9. The Morgan fingerprint density at radius 1 is 1.60 bits per heavy atom. The van der Waals surface area contributed by atoms with E-state index in [4.69, 9.17) is 4.74 Å². The third kappa shape index (κ3) is 2.89. The molecule has 1 unspecified atom stereocenters. The Labute approximate surface area is 97.6 Å². The maximum Gasteiger partial charge on any atom is 0.223 e. The van der Waals surface area contributed by atoms with Gasteiger partial charge in [-0.2, -0.15) is 0 Å². The molecule has 1 aromatic heterocycles. The van der Waals surface area contributed by atoms with Crippen LogP contribution in [0, 0.1) is 6.92 Å². The van der Waals surface area contributed by atoms with E-state index >= 15 is 0 Å². The summed E-state index contributed by atoms with van der Waals surface area (Å²) in [7, 11) is 0. The van der Waals surface area contributed by atoms with Crippen LogP contribution in [-0.2, 0) is 4.74 Å². The monoisotopic (exact) mass is 271 g/mol. The minimum absolute atomic E-state index is 0.347. The standard InChI is InChI=1S/C10H14BrN3O/c1-7-9(11)5-12-10(13-7)14-8-3-2-4-15-6-8/h5,8H,2-4,6H2,1H3,(H,12,13,14). The molecule has 1 fully saturated rings. The van der Waals surface area contributed by atoms with Gasteiger partial charge in [-0.15, -0.1) is 0 Å². The third-order valence-corrected chi connectivity index (χ3v) is 3.19. The smallest absolute Gasteiger partial charge is 0.223 e. The Hall–Kier alpha value is -0.680. The number of nitrogens with zero attached hydrogens (tertiary/aromatic N) is 2. The second-order valence-electron chi connectivity index (χ2n) is 3.69. The highest BCUT2D eigenvalue weighted by Gasteiger charge is 2.14. The van der Waals surface area contributed by atoms with E-state index in [-0.39, 0.29) is 0 Å². The zero-order chi connectivity index (χ0) is 10.7. The Morgan fingerprint density at radius 3 is 3.13 bits per heavy atom. The molecule has 1 aromatic rings. The molecular formula is C10H14BrN3O. The first-order valence-corrected chi connectivity index (χ1v) is 5.88. The van der Waals surface area contributed by atoms with Crippen LogP contribution in [0.15, 0.2) is 10.7 Å². The highest BCUT2D eigenvalue weighted by Crippen LogP contribution is 2.15. The normalized spacial score (nSPS) is 21.3. The Balaban J connectivity index is 2.00. The van der Waals surface area contributed by atoms with Gasteiger partial charge >= 0.3 is 0 Å². The fourth-order valence-electron chi connectivity index (χ4n) is 1.56. The second-order valence-corrected chi connectivity index (χ2v) is 4.54. The second kappa shape index (κ2) is 4.90. The average Bonchev–Trinajstić information content (AvgIpc) is 2.25. The van der Waals surface area contributed by atoms with E-state index < -0.39 is 0 Å². The van der Waals surface area contributed by atoms with E-state index in [9.17, 15) is 0 Å². The number of rotatable bonds is 2. The van der Waals surface area contributed by atoms with E-state index in [1.54, 1.807) is 6.20 Å². The van der Waals surface area contributed by atoms with Crippen molar-refractivity contribution in [2.45, 2.75) is 25.8 Å². The van der Waals surface area contributed by atoms with Gasteiger partial charge in [-0.25, -0.2) is 9.97 Å². The van der Waals surface area contributed by atoms with E-state index in [0.717, 1.165) is 36.2 Å². The molecule has 1 saturated heterocycles. The first-order valence-electron chi connectivity index (χ1n) is 5.09. The van der Waals surface area contributed by atoms with Gasteiger partial charge in [0.1, 0.15) is 0 Å². The predicted octanol–water partition coefficient (Wildman–Crippen LogP) is 2.14. The first-order chi connectivity index (χ1) is 7.25. The summed E-state index contributed by atoms with van der Waals surface area (Å²) in [5, 5.41) is 3.28. The summed E-state index contributed by atoms with van der Waals surface area (Å²) in [4.78, 5) is 8.55. The van der Waals surface area contributed by atoms with Gasteiger partial charge in [0, 0.05) is 12.8 Å². The van der Waals surface area contributed by atoms with Crippen molar-refractivity contribution in [1.29, 1.82) is 0 Å². The molecule has 2 heterocycles. The number of ether oxygens (including phenoxy) is 1. The molecule has 1 aliphatic rings. The van der Waals surface area contributed by atoms with E-state index in [0.29, 0.717) is 12.0 Å². The van der Waals surface area contributed by atoms with Crippen molar-refractivity contribution >= 4 is 21.9 Å². The van der Waals surface area contributed by atoms with Crippen LogP contribution in [0.2, 0.25) is 0 Å². The maximum atomic E-state index is 5.38. The molecule has 1 aliphatic heterocycles. The zero-order valence-corrected chi connectivity index (χ0v) is 10.2. The highest BCUT2D eigenvalue weighted by molar-refractivity contribution is 9.10. The topological polar surface area (TPSA) is 47.0 Å². The van der Waals surface area contributed by atoms with Crippen molar-refractivity contribution in [2.24, 2.45) is 0 Å². The predicted molar refractivity (Wildman–Crippen MR) is 61.9 cm³/mol. The van der Waals surface area contributed by atoms with Crippen molar-refractivity contribution < 1.29 is 4.74 Å². The molecule has 0 bridgehead atoms. The van der Waals surface area contributed by atoms with E-state index in [2.05, 4.69) is 31.2 Å². The summed E-state index contributed by atoms with van der Waals surface area (Å²) >= 11 is 3.38. The number of anilines is 1. The number of hydrogen-bond donors (Lipinski definition) is 1. The molecule has 2 rings (SSSR count). The van der Waals surface area contributed by atoms with Gasteiger partial charge in [-0.1, -0.05) is 0 Å². The quantitative estimate of drug-likeness (QED) is 0.896. The van der Waals surface area contributed by atoms with Crippen molar-refractivity contribution in [2.75, 3.05) is 18.5 Å². The summed E-state index contributed by atoms with van der Waals surface area (Å²) in [6, 6.07) is 0.347. The van der Waals surface area contributed by atoms with Crippen LogP contribution in [0.25, 0.3) is 0 Å². The number of hydrogen-bond acceptors (Lipinski definition) is 4. The van der Waals surface area contributed by atoms with Crippen LogP contribution >= 0.6 is 15.9 Å². The summed E-state index contributed by atoms with van der Waals surface area (Å²) in [5.41, 5.74) is 0.948. The fraction of sp³-hybridized carbons (Fsp3) is 0.600. The minimum atomic E-state index is 0.347. The van der Waals surface area contributed by atoms with Gasteiger partial charge in [0.2, 0.25) is 5.95 Å². The molecule has 1 N–H and O–H groups in total. The first kappa shape index (κ1) is 10.8. The van der Waals surface area contributed by atoms with Crippen LogP contribution in [0.3, 0.4) is 0 Å². The summed E-state index contributed by atoms with van der Waals surface area (Å²) in [6.45, 7) is 3.57. The fourth-order valence-corrected chi connectivity index (χ4v) is 1.75. The van der Waals surface area contributed by atoms with Crippen molar-refractivity contribution in [1.82, 2.24) is 9.97 Å². The maximum absolute atomic E-state index is 5.38. The van der Waals surface area contributed by atoms with Crippen molar-refractivity contribution in [3.8, 4) is 0 Å². The number of halogens is 1. The van der Waals surface area contributed by atoms with Crippen LogP contribution < -0.4 is 5.32 Å². The Bertz CT molecular complexity index is 339. The van der Waals surface area contributed by atoms with Gasteiger partial charge in [-0.3, -0.25) is 0 Å². The van der Waals surface area contributed by atoms with Crippen LogP contribution in [-0.4, -0.2) is 29.2 Å². The number of aromatic nitrogens is 2. The lowest BCUT2D eigenvalue weighted by atomic mass is 10.1. The number of nitrogens with one attached hydrogen (secondary N) is 1. The van der Waals surface area contributed by atoms with Crippen molar-refractivity contribution in [3.63, 3.8) is 0 Å². The largest absolute Gasteiger partial charge is 0.379 e. The molecular weight excluding hydrogens is 258 g/mol. The minimum Gasteiger partial charge on any atom is -0.379 e. The molecule has 0 radical (unpaired) electrons. The summed E-state index contributed by atoms with van der Waals surface area (Å²) < 4.78 is 6.32. The molecule has 0 aromatic carbocycles. The molecule has 0 saturated carbocycles. The zero-order valence-electron chi connectivity index (χ0n) is 8.66. The van der Waals surface area contributed by atoms with Crippen LogP contribution in [0.5, 0.6) is 0 Å². The summed E-state index contributed by atoms with van der Waals surface area (Å²) in [5.74, 6) is 0.686. The van der Waals surface area contributed by atoms with E-state index in [1.165, 1.54) is 0 Å². The summed E-state index contributed by atoms with van der Waals surface area (Å²) in [6.07, 6.45) is 4.00. The van der Waals surface area contributed by atoms with Crippen LogP contribution in [0.1, 0.15) is 18.5 Å². The third-order valence-electron chi connectivity index (χ3n) is 2.41. The lowest BCUT2D eigenvalue weighted by molar-refractivity contribution is 0.0874. The molecule has 0 aliphatic carbocycles. The van der Waals surface area contributed by atoms with Gasteiger partial charge in [-0.05, 0) is 35.7 Å². The lowest BCUT2D eigenvalue weighted by Crippen LogP contribution is -2.30. The number of aryl methyl sites for hydroxylation is 1. The van der Waals surface area contributed by atoms with Gasteiger partial charge < -0.3 is 10.1 Å². The molecule has 0 amide bonds. The molecule has 5 heteroatoms. The lowest BCUT2D eigenvalue weighted by Gasteiger charge is -2.23. The van der Waals surface area contributed by atoms with E-state index in [1.807, 2.05) is 6.92 Å². The van der Waals surface area contributed by atoms with Gasteiger partial charge in [0.05, 0.1) is 22.8 Å². The Kier molecular flexibility index (Phi) is 3.53. The molecule has 15 heavy (non-hydrogen) atoms. The Morgan fingerprint density at radius 2 is 2.47 bits per heavy atom. The van der Waals surface area contributed by atoms with Gasteiger partial charge in [0.25, 0.3) is 0 Å².